The van der Waals surface area contributed by atoms with Gasteiger partial charge in [0.1, 0.15) is 11.6 Å². The molecule has 3 rings (SSSR count). The maximum Gasteiger partial charge on any atom is 0.346 e. The van der Waals surface area contributed by atoms with E-state index in [1.54, 1.807) is 18.7 Å². The maximum absolute atomic E-state index is 12.6. The van der Waals surface area contributed by atoms with Crippen LogP contribution in [0.25, 0.3) is 11.4 Å². The lowest BCUT2D eigenvalue weighted by Gasteiger charge is -2.06. The maximum atomic E-state index is 12.6. The quantitative estimate of drug-likeness (QED) is 0.606. The number of hydrogen-bond donors (Lipinski definition) is 0. The average molecular weight is 272 g/mol. The van der Waals surface area contributed by atoms with Crippen LogP contribution in [0.3, 0.4) is 0 Å². The van der Waals surface area contributed by atoms with Crippen molar-refractivity contribution in [2.45, 2.75) is 6.92 Å². The van der Waals surface area contributed by atoms with E-state index in [1.807, 2.05) is 30.3 Å². The molecular formula is C13H12N4O3. The topological polar surface area (TPSA) is 79.9 Å². The van der Waals surface area contributed by atoms with Gasteiger partial charge >= 0.3 is 11.2 Å². The van der Waals surface area contributed by atoms with Crippen molar-refractivity contribution in [3.8, 4) is 17.3 Å². The number of hydrogen-bond acceptors (Lipinski definition) is 4. The molecule has 102 valence electrons. The molecule has 2 aromatic heterocycles. The molecule has 0 radical (unpaired) electrons. The summed E-state index contributed by atoms with van der Waals surface area (Å²) in [7, 11) is 1.77. The first-order chi connectivity index (χ1) is 9.59. The van der Waals surface area contributed by atoms with Crippen molar-refractivity contribution in [1.82, 2.24) is 14.6 Å². The van der Waals surface area contributed by atoms with Gasteiger partial charge in [-0.1, -0.05) is 18.2 Å². The Hall–Kier alpha value is -2.83. The zero-order valence-corrected chi connectivity index (χ0v) is 11.0. The molecule has 2 heterocycles. The van der Waals surface area contributed by atoms with Gasteiger partial charge in [0.2, 0.25) is 6.20 Å². The van der Waals surface area contributed by atoms with E-state index in [9.17, 15) is 9.90 Å². The largest absolute Gasteiger partial charge is 0.539 e. The zero-order chi connectivity index (χ0) is 14.3. The minimum absolute atomic E-state index is 0.269. The molecule has 7 heteroatoms. The first kappa shape index (κ1) is 12.2. The Morgan fingerprint density at radius 3 is 2.60 bits per heavy atom. The Morgan fingerprint density at radius 2 is 2.00 bits per heavy atom. The summed E-state index contributed by atoms with van der Waals surface area (Å²) in [6.07, 6.45) is 1.14. The molecule has 0 saturated carbocycles. The minimum atomic E-state index is -0.598. The molecule has 0 N–H and O–H groups in total. The number of aromatic nitrogens is 4. The number of rotatable bonds is 2. The molecule has 0 spiro atoms. The first-order valence-electron chi connectivity index (χ1n) is 5.99. The standard InChI is InChI=1S/C13H12N4O3/c1-9-12(16-8-11(18)20-14-16)13(19)17(15(9)2)10-6-4-3-5-7-10/h3-8H,1-2H3. The summed E-state index contributed by atoms with van der Waals surface area (Å²) in [5, 5.41) is 14.6. The second-order valence-electron chi connectivity index (χ2n) is 4.38. The van der Waals surface area contributed by atoms with Crippen molar-refractivity contribution in [2.24, 2.45) is 7.05 Å². The second kappa shape index (κ2) is 4.37. The molecule has 0 aliphatic rings. The highest BCUT2D eigenvalue weighted by atomic mass is 16.6. The van der Waals surface area contributed by atoms with Gasteiger partial charge in [0.15, 0.2) is 0 Å². The van der Waals surface area contributed by atoms with Gasteiger partial charge in [-0.3, -0.25) is 9.48 Å². The van der Waals surface area contributed by atoms with Gasteiger partial charge in [-0.2, -0.15) is 0 Å². The summed E-state index contributed by atoms with van der Waals surface area (Å²) in [5.74, 6) is -0.598. The zero-order valence-electron chi connectivity index (χ0n) is 11.0. The highest BCUT2D eigenvalue weighted by Gasteiger charge is 2.26. The van der Waals surface area contributed by atoms with Crippen LogP contribution in [0.4, 0.5) is 0 Å². The molecular weight excluding hydrogens is 260 g/mol. The van der Waals surface area contributed by atoms with E-state index >= 15 is 0 Å². The lowest BCUT2D eigenvalue weighted by molar-refractivity contribution is -0.671. The third-order valence-corrected chi connectivity index (χ3v) is 3.20. The fourth-order valence-corrected chi connectivity index (χ4v) is 2.15. The molecule has 0 unspecified atom stereocenters. The summed E-state index contributed by atoms with van der Waals surface area (Å²) in [5.41, 5.74) is 1.44. The predicted octanol–water partition coefficient (Wildman–Crippen LogP) is -0.177. The molecule has 7 nitrogen and oxygen atoms in total. The van der Waals surface area contributed by atoms with Gasteiger partial charge < -0.3 is 9.63 Å². The van der Waals surface area contributed by atoms with Gasteiger partial charge in [0.05, 0.1) is 11.0 Å². The van der Waals surface area contributed by atoms with E-state index in [-0.39, 0.29) is 5.56 Å². The molecule has 1 aromatic carbocycles. The summed E-state index contributed by atoms with van der Waals surface area (Å²) in [6.45, 7) is 1.78. The Morgan fingerprint density at radius 1 is 1.30 bits per heavy atom. The Bertz CT molecular complexity index is 814. The highest BCUT2D eigenvalue weighted by molar-refractivity contribution is 5.35. The lowest BCUT2D eigenvalue weighted by Crippen LogP contribution is -2.38. The van der Waals surface area contributed by atoms with Crippen LogP contribution in [0.5, 0.6) is 5.95 Å². The van der Waals surface area contributed by atoms with E-state index in [1.165, 1.54) is 9.36 Å². The van der Waals surface area contributed by atoms with E-state index < -0.39 is 5.95 Å². The summed E-state index contributed by atoms with van der Waals surface area (Å²) in [6, 6.07) is 9.24. The Labute approximate surface area is 113 Å². The lowest BCUT2D eigenvalue weighted by atomic mass is 10.3. The average Bonchev–Trinajstić information content (AvgIpc) is 2.94. The van der Waals surface area contributed by atoms with Crippen LogP contribution in [0, 0.1) is 6.92 Å². The fraction of sp³-hybridized carbons (Fsp3) is 0.154. The highest BCUT2D eigenvalue weighted by Crippen LogP contribution is 2.10. The van der Waals surface area contributed by atoms with E-state index in [4.69, 9.17) is 0 Å². The predicted molar refractivity (Wildman–Crippen MR) is 66.8 cm³/mol. The molecule has 0 fully saturated rings. The van der Waals surface area contributed by atoms with Crippen LogP contribution in [-0.4, -0.2) is 14.6 Å². The van der Waals surface area contributed by atoms with Crippen LogP contribution in [-0.2, 0) is 7.05 Å². The van der Waals surface area contributed by atoms with Crippen LogP contribution in [0.2, 0.25) is 0 Å². The third kappa shape index (κ3) is 1.71. The van der Waals surface area contributed by atoms with Crippen molar-refractivity contribution in [3.05, 3.63) is 52.6 Å². The van der Waals surface area contributed by atoms with Gasteiger partial charge in [-0.25, -0.2) is 4.68 Å². The van der Waals surface area contributed by atoms with Gasteiger partial charge in [-0.15, -0.1) is 0 Å². The van der Waals surface area contributed by atoms with Crippen LogP contribution in [0.1, 0.15) is 5.69 Å². The fourth-order valence-electron chi connectivity index (χ4n) is 2.15. The smallest absolute Gasteiger partial charge is 0.346 e. The second-order valence-corrected chi connectivity index (χ2v) is 4.38. The van der Waals surface area contributed by atoms with Gasteiger partial charge in [0.25, 0.3) is 0 Å². The van der Waals surface area contributed by atoms with Crippen molar-refractivity contribution in [3.63, 3.8) is 0 Å². The van der Waals surface area contributed by atoms with Crippen molar-refractivity contribution < 1.29 is 14.3 Å². The molecule has 20 heavy (non-hydrogen) atoms. The number of nitrogens with zero attached hydrogens (tertiary/aromatic N) is 4. The monoisotopic (exact) mass is 272 g/mol. The normalized spacial score (nSPS) is 10.9. The third-order valence-electron chi connectivity index (χ3n) is 3.20. The van der Waals surface area contributed by atoms with Crippen molar-refractivity contribution >= 4 is 0 Å². The van der Waals surface area contributed by atoms with Crippen LogP contribution < -0.4 is 15.3 Å². The Balaban J connectivity index is 2.28. The number of para-hydroxylation sites is 1. The Kier molecular flexibility index (Phi) is 2.67. The van der Waals surface area contributed by atoms with E-state index in [0.29, 0.717) is 11.4 Å². The minimum Gasteiger partial charge on any atom is -0.539 e. The molecule has 0 bridgehead atoms. The first-order valence-corrected chi connectivity index (χ1v) is 5.99. The van der Waals surface area contributed by atoms with E-state index in [0.717, 1.165) is 11.9 Å². The summed E-state index contributed by atoms with van der Waals surface area (Å²) < 4.78 is 8.87. The molecule has 0 amide bonds. The summed E-state index contributed by atoms with van der Waals surface area (Å²) >= 11 is 0. The SMILES string of the molecule is Cc1c(-[n+]2cc([O-])on2)c(=O)n(-c2ccccc2)n1C. The van der Waals surface area contributed by atoms with E-state index in [2.05, 4.69) is 9.79 Å². The van der Waals surface area contributed by atoms with Gasteiger partial charge in [0, 0.05) is 7.05 Å². The van der Waals surface area contributed by atoms with Crippen molar-refractivity contribution in [2.75, 3.05) is 0 Å². The molecule has 0 atom stereocenters. The molecule has 0 aliphatic heterocycles. The molecule has 0 aliphatic carbocycles. The van der Waals surface area contributed by atoms with Crippen molar-refractivity contribution in [1.29, 1.82) is 0 Å². The van der Waals surface area contributed by atoms with Crippen LogP contribution >= 0.6 is 0 Å². The van der Waals surface area contributed by atoms with Crippen LogP contribution in [0.15, 0.2) is 45.8 Å². The van der Waals surface area contributed by atoms with Gasteiger partial charge in [-0.05, 0) is 23.7 Å². The molecule has 3 aromatic rings. The number of benzene rings is 1. The summed E-state index contributed by atoms with van der Waals surface area (Å²) in [4.78, 5) is 12.6. The molecule has 0 saturated heterocycles.